The molecule has 0 aromatic rings. The minimum atomic E-state index is -0.814. The zero-order chi connectivity index (χ0) is 57.8. The van der Waals surface area contributed by atoms with Crippen molar-refractivity contribution in [3.05, 3.63) is 109 Å². The van der Waals surface area contributed by atoms with E-state index in [4.69, 9.17) is 14.2 Å². The fraction of sp³-hybridized carbons (Fsp3) is 0.716. The fourth-order valence-corrected chi connectivity index (χ4v) is 9.48. The van der Waals surface area contributed by atoms with Gasteiger partial charge in [-0.3, -0.25) is 14.4 Å². The van der Waals surface area contributed by atoms with Crippen LogP contribution < -0.4 is 0 Å². The largest absolute Gasteiger partial charge is 0.462 e. The SMILES string of the molecule is CC/C=C\C/C=C\C/C=C\C/C=C\C/C=C\C/C=C\CCC(=O)OCC(COC(=O)CCCCCCCCCC/C=C\C/C=C\C/C=C\CCCCCCC)OC(=O)CCCCCCCCCCCCCCCCCCCCCC. The smallest absolute Gasteiger partial charge is 0.306 e. The summed E-state index contributed by atoms with van der Waals surface area (Å²) >= 11 is 0. The maximum absolute atomic E-state index is 12.9. The van der Waals surface area contributed by atoms with Gasteiger partial charge in [0.2, 0.25) is 0 Å². The van der Waals surface area contributed by atoms with E-state index in [2.05, 4.69) is 124 Å². The number of hydrogen-bond acceptors (Lipinski definition) is 6. The predicted octanol–water partition coefficient (Wildman–Crippen LogP) is 23.4. The first-order valence-electron chi connectivity index (χ1n) is 33.9. The maximum Gasteiger partial charge on any atom is 0.306 e. The molecule has 6 nitrogen and oxygen atoms in total. The Labute approximate surface area is 495 Å². The number of allylic oxidation sites excluding steroid dienone is 18. The van der Waals surface area contributed by atoms with Crippen LogP contribution in [0.5, 0.6) is 0 Å². The molecule has 0 rings (SSSR count). The molecule has 0 aromatic carbocycles. The van der Waals surface area contributed by atoms with E-state index in [9.17, 15) is 14.4 Å². The molecule has 0 aliphatic heterocycles. The Morgan fingerprint density at radius 1 is 0.263 bits per heavy atom. The number of unbranched alkanes of at least 4 members (excludes halogenated alkanes) is 32. The quantitative estimate of drug-likeness (QED) is 0.0261. The van der Waals surface area contributed by atoms with Crippen LogP contribution in [0.2, 0.25) is 0 Å². The Morgan fingerprint density at radius 2 is 0.512 bits per heavy atom. The highest BCUT2D eigenvalue weighted by Crippen LogP contribution is 2.17. The van der Waals surface area contributed by atoms with E-state index in [-0.39, 0.29) is 37.5 Å². The molecule has 0 saturated heterocycles. The van der Waals surface area contributed by atoms with E-state index in [1.807, 2.05) is 6.08 Å². The number of carbonyl (C=O) groups is 3. The molecule has 0 aliphatic rings. The Hall–Kier alpha value is -3.93. The van der Waals surface area contributed by atoms with Crippen molar-refractivity contribution in [2.45, 2.75) is 329 Å². The van der Waals surface area contributed by atoms with Crippen LogP contribution in [0.1, 0.15) is 323 Å². The first-order chi connectivity index (χ1) is 39.5. The topological polar surface area (TPSA) is 78.9 Å². The lowest BCUT2D eigenvalue weighted by Gasteiger charge is -2.18. The lowest BCUT2D eigenvalue weighted by Crippen LogP contribution is -2.30. The summed E-state index contributed by atoms with van der Waals surface area (Å²) < 4.78 is 16.9. The van der Waals surface area contributed by atoms with Crippen LogP contribution in [-0.2, 0) is 28.6 Å². The molecule has 458 valence electrons. The van der Waals surface area contributed by atoms with E-state index in [1.54, 1.807) is 0 Å². The highest BCUT2D eigenvalue weighted by atomic mass is 16.6. The summed E-state index contributed by atoms with van der Waals surface area (Å²) in [5, 5.41) is 0. The minimum absolute atomic E-state index is 0.104. The maximum atomic E-state index is 12.9. The summed E-state index contributed by atoms with van der Waals surface area (Å²) in [6.07, 6.45) is 92.5. The molecule has 1 unspecified atom stereocenters. The molecule has 1 atom stereocenters. The van der Waals surface area contributed by atoms with Gasteiger partial charge in [-0.15, -0.1) is 0 Å². The van der Waals surface area contributed by atoms with Gasteiger partial charge in [-0.2, -0.15) is 0 Å². The van der Waals surface area contributed by atoms with E-state index in [0.29, 0.717) is 19.3 Å². The molecule has 80 heavy (non-hydrogen) atoms. The first-order valence-corrected chi connectivity index (χ1v) is 33.9. The van der Waals surface area contributed by atoms with Crippen molar-refractivity contribution in [3.63, 3.8) is 0 Å². The molecule has 0 spiro atoms. The molecule has 0 N–H and O–H groups in total. The average molecular weight is 1110 g/mol. The van der Waals surface area contributed by atoms with Crippen molar-refractivity contribution >= 4 is 17.9 Å². The second-order valence-electron chi connectivity index (χ2n) is 22.4. The lowest BCUT2D eigenvalue weighted by molar-refractivity contribution is -0.166. The lowest BCUT2D eigenvalue weighted by atomic mass is 10.0. The number of rotatable bonds is 61. The van der Waals surface area contributed by atoms with Crippen molar-refractivity contribution in [1.82, 2.24) is 0 Å². The Bertz CT molecular complexity index is 1610. The molecule has 0 bridgehead atoms. The van der Waals surface area contributed by atoms with Gasteiger partial charge >= 0.3 is 17.9 Å². The van der Waals surface area contributed by atoms with Crippen LogP contribution in [0.4, 0.5) is 0 Å². The van der Waals surface area contributed by atoms with Gasteiger partial charge < -0.3 is 14.2 Å². The van der Waals surface area contributed by atoms with Crippen molar-refractivity contribution in [2.24, 2.45) is 0 Å². The molecule has 0 heterocycles. The summed E-state index contributed by atoms with van der Waals surface area (Å²) in [5.74, 6) is -0.985. The number of hydrogen-bond donors (Lipinski definition) is 0. The third kappa shape index (κ3) is 64.9. The zero-order valence-corrected chi connectivity index (χ0v) is 52.6. The van der Waals surface area contributed by atoms with Crippen LogP contribution in [-0.4, -0.2) is 37.2 Å². The molecule has 6 heteroatoms. The molecule has 0 aliphatic carbocycles. The Kier molecular flexibility index (Phi) is 64.3. The molecule has 0 aromatic heterocycles. The Balaban J connectivity index is 4.47. The monoisotopic (exact) mass is 1110 g/mol. The van der Waals surface area contributed by atoms with Crippen LogP contribution >= 0.6 is 0 Å². The summed E-state index contributed by atoms with van der Waals surface area (Å²) in [7, 11) is 0. The van der Waals surface area contributed by atoms with Gasteiger partial charge in [0.25, 0.3) is 0 Å². The number of ether oxygens (including phenoxy) is 3. The van der Waals surface area contributed by atoms with Crippen LogP contribution in [0.25, 0.3) is 0 Å². The van der Waals surface area contributed by atoms with Gasteiger partial charge in [-0.05, 0) is 96.3 Å². The molecular formula is C74H126O6. The second kappa shape index (κ2) is 67.6. The number of carbonyl (C=O) groups excluding carboxylic acids is 3. The number of esters is 3. The third-order valence-electron chi connectivity index (χ3n) is 14.5. The van der Waals surface area contributed by atoms with E-state index >= 15 is 0 Å². The summed E-state index contributed by atoms with van der Waals surface area (Å²) in [5.41, 5.74) is 0. The van der Waals surface area contributed by atoms with E-state index < -0.39 is 6.10 Å². The van der Waals surface area contributed by atoms with E-state index in [0.717, 1.165) is 96.3 Å². The highest BCUT2D eigenvalue weighted by molar-refractivity contribution is 5.71. The second-order valence-corrected chi connectivity index (χ2v) is 22.4. The van der Waals surface area contributed by atoms with Crippen molar-refractivity contribution in [2.75, 3.05) is 13.2 Å². The fourth-order valence-electron chi connectivity index (χ4n) is 9.48. The highest BCUT2D eigenvalue weighted by Gasteiger charge is 2.19. The zero-order valence-electron chi connectivity index (χ0n) is 52.6. The molecule has 0 amide bonds. The first kappa shape index (κ1) is 76.1. The van der Waals surface area contributed by atoms with Crippen molar-refractivity contribution in [3.8, 4) is 0 Å². The van der Waals surface area contributed by atoms with Gasteiger partial charge in [0.1, 0.15) is 13.2 Å². The average Bonchev–Trinajstić information content (AvgIpc) is 3.46. The third-order valence-corrected chi connectivity index (χ3v) is 14.5. The van der Waals surface area contributed by atoms with Crippen LogP contribution in [0.15, 0.2) is 109 Å². The van der Waals surface area contributed by atoms with E-state index in [1.165, 1.54) is 180 Å². The van der Waals surface area contributed by atoms with Crippen molar-refractivity contribution in [1.29, 1.82) is 0 Å². The van der Waals surface area contributed by atoms with Gasteiger partial charge in [0, 0.05) is 19.3 Å². The van der Waals surface area contributed by atoms with Gasteiger partial charge in [-0.1, -0.05) is 316 Å². The molecule has 0 radical (unpaired) electrons. The van der Waals surface area contributed by atoms with Gasteiger partial charge in [0.05, 0.1) is 0 Å². The summed E-state index contributed by atoms with van der Waals surface area (Å²) in [6, 6.07) is 0. The molecular weight excluding hydrogens is 985 g/mol. The van der Waals surface area contributed by atoms with Gasteiger partial charge in [0.15, 0.2) is 6.10 Å². The van der Waals surface area contributed by atoms with Crippen LogP contribution in [0.3, 0.4) is 0 Å². The summed E-state index contributed by atoms with van der Waals surface area (Å²) in [4.78, 5) is 38.4. The standard InChI is InChI=1S/C74H126O6/c1-4-7-10-13-16-19-22-25-28-31-34-36-37-38-41-43-46-49-52-55-58-61-64-67-73(76)79-70-71(69-78-72(75)66-63-60-57-54-51-48-45-42-39-33-30-27-24-21-18-15-12-9-6-3)80-74(77)68-65-62-59-56-53-50-47-44-40-35-32-29-26-23-20-17-14-11-8-5-2/h9,12,18,21-22,25,27,30-31,34,37-39,42,48,51,57,60,71H,4-8,10-11,13-17,19-20,23-24,26,28-29,32-33,35-36,40-41,43-47,49-50,52-56,58-59,61-70H2,1-3H3/b12-9-,21-18-,25-22-,30-27-,34-31-,38-37-,42-39-,51-48-,60-57-. The van der Waals surface area contributed by atoms with Crippen LogP contribution in [0, 0.1) is 0 Å². The van der Waals surface area contributed by atoms with Gasteiger partial charge in [-0.25, -0.2) is 0 Å². The molecule has 0 fully saturated rings. The summed E-state index contributed by atoms with van der Waals surface area (Å²) in [6.45, 7) is 6.48. The predicted molar refractivity (Wildman–Crippen MR) is 348 cm³/mol. The Morgan fingerprint density at radius 3 is 0.838 bits per heavy atom. The minimum Gasteiger partial charge on any atom is -0.462 e. The molecule has 0 saturated carbocycles. The van der Waals surface area contributed by atoms with Crippen molar-refractivity contribution < 1.29 is 28.6 Å². The normalized spacial score (nSPS) is 12.8.